The molecule has 19 heavy (non-hydrogen) atoms. The summed E-state index contributed by atoms with van der Waals surface area (Å²) in [6.45, 7) is 1.73. The maximum absolute atomic E-state index is 13.1. The Morgan fingerprint density at radius 1 is 1.16 bits per heavy atom. The molecule has 2 rings (SSSR count). The summed E-state index contributed by atoms with van der Waals surface area (Å²) in [5, 5.41) is 0.292. The first-order valence-electron chi connectivity index (χ1n) is 5.43. The van der Waals surface area contributed by atoms with Crippen molar-refractivity contribution in [1.29, 1.82) is 0 Å². The van der Waals surface area contributed by atoms with Crippen molar-refractivity contribution in [2.75, 3.05) is 4.72 Å². The first-order valence-corrected chi connectivity index (χ1v) is 7.30. The van der Waals surface area contributed by atoms with E-state index in [1.807, 2.05) is 0 Å². The second-order valence-corrected chi connectivity index (χ2v) is 6.08. The molecule has 0 amide bonds. The highest BCUT2D eigenvalue weighted by Gasteiger charge is 2.17. The fourth-order valence-corrected chi connectivity index (χ4v) is 3.10. The predicted octanol–water partition coefficient (Wildman–Crippen LogP) is 3.59. The molecule has 3 nitrogen and oxygen atoms in total. The lowest BCUT2D eigenvalue weighted by atomic mass is 10.2. The van der Waals surface area contributed by atoms with Crippen LogP contribution in [0.4, 0.5) is 10.1 Å². The number of halogens is 2. The second kappa shape index (κ2) is 5.19. The van der Waals surface area contributed by atoms with Gasteiger partial charge >= 0.3 is 0 Å². The van der Waals surface area contributed by atoms with E-state index in [2.05, 4.69) is 4.72 Å². The van der Waals surface area contributed by atoms with Crippen molar-refractivity contribution < 1.29 is 12.8 Å². The number of sulfonamides is 1. The topological polar surface area (TPSA) is 46.2 Å². The van der Waals surface area contributed by atoms with E-state index in [9.17, 15) is 12.8 Å². The maximum Gasteiger partial charge on any atom is 0.262 e. The minimum Gasteiger partial charge on any atom is -0.278 e. The SMILES string of the molecule is Cc1cccc(Cl)c1NS(=O)(=O)c1cccc(F)c1. The lowest BCUT2D eigenvalue weighted by molar-refractivity contribution is 0.595. The molecule has 0 saturated heterocycles. The van der Waals surface area contributed by atoms with Gasteiger partial charge in [-0.05, 0) is 36.8 Å². The van der Waals surface area contributed by atoms with Crippen LogP contribution in [-0.2, 0) is 10.0 Å². The van der Waals surface area contributed by atoms with Crippen LogP contribution >= 0.6 is 11.6 Å². The number of aryl methyl sites for hydroxylation is 1. The third-order valence-corrected chi connectivity index (χ3v) is 4.23. The van der Waals surface area contributed by atoms with E-state index in [4.69, 9.17) is 11.6 Å². The average Bonchev–Trinajstić information content (AvgIpc) is 2.34. The average molecular weight is 300 g/mol. The first kappa shape index (κ1) is 13.8. The number of benzene rings is 2. The van der Waals surface area contributed by atoms with Crippen molar-refractivity contribution in [1.82, 2.24) is 0 Å². The van der Waals surface area contributed by atoms with Crippen molar-refractivity contribution in [3.05, 3.63) is 58.9 Å². The maximum atomic E-state index is 13.1. The van der Waals surface area contributed by atoms with Gasteiger partial charge in [-0.1, -0.05) is 29.8 Å². The van der Waals surface area contributed by atoms with Gasteiger partial charge in [-0.3, -0.25) is 4.72 Å². The van der Waals surface area contributed by atoms with Crippen LogP contribution in [0.3, 0.4) is 0 Å². The molecule has 0 bridgehead atoms. The lowest BCUT2D eigenvalue weighted by Gasteiger charge is -2.12. The highest BCUT2D eigenvalue weighted by atomic mass is 35.5. The Balaban J connectivity index is 2.42. The van der Waals surface area contributed by atoms with Crippen LogP contribution in [0.2, 0.25) is 5.02 Å². The lowest BCUT2D eigenvalue weighted by Crippen LogP contribution is -2.14. The quantitative estimate of drug-likeness (QED) is 0.941. The summed E-state index contributed by atoms with van der Waals surface area (Å²) in [6.07, 6.45) is 0. The van der Waals surface area contributed by atoms with Crippen LogP contribution in [0.1, 0.15) is 5.56 Å². The van der Waals surface area contributed by atoms with E-state index in [-0.39, 0.29) is 4.90 Å². The Hall–Kier alpha value is -1.59. The van der Waals surface area contributed by atoms with Crippen LogP contribution in [-0.4, -0.2) is 8.42 Å². The smallest absolute Gasteiger partial charge is 0.262 e. The monoisotopic (exact) mass is 299 g/mol. The minimum atomic E-state index is -3.86. The van der Waals surface area contributed by atoms with Gasteiger partial charge in [0.1, 0.15) is 5.82 Å². The zero-order chi connectivity index (χ0) is 14.0. The van der Waals surface area contributed by atoms with E-state index < -0.39 is 15.8 Å². The van der Waals surface area contributed by atoms with Gasteiger partial charge in [-0.2, -0.15) is 0 Å². The van der Waals surface area contributed by atoms with Crippen molar-refractivity contribution in [3.63, 3.8) is 0 Å². The number of hydrogen-bond acceptors (Lipinski definition) is 2. The first-order chi connectivity index (χ1) is 8.90. The fourth-order valence-electron chi connectivity index (χ4n) is 1.59. The van der Waals surface area contributed by atoms with Gasteiger partial charge in [0.2, 0.25) is 0 Å². The Bertz CT molecular complexity index is 696. The van der Waals surface area contributed by atoms with Gasteiger partial charge in [-0.15, -0.1) is 0 Å². The molecule has 0 aliphatic heterocycles. The van der Waals surface area contributed by atoms with Crippen LogP contribution in [0, 0.1) is 12.7 Å². The molecule has 0 atom stereocenters. The van der Waals surface area contributed by atoms with E-state index in [0.29, 0.717) is 16.3 Å². The third kappa shape index (κ3) is 3.05. The zero-order valence-corrected chi connectivity index (χ0v) is 11.6. The molecule has 0 aliphatic rings. The second-order valence-electron chi connectivity index (χ2n) is 3.99. The van der Waals surface area contributed by atoms with Gasteiger partial charge in [0.25, 0.3) is 10.0 Å². The standard InChI is InChI=1S/C13H11ClFNO2S/c1-9-4-2-7-12(14)13(9)16-19(17,18)11-6-3-5-10(15)8-11/h2-8,16H,1H3. The minimum absolute atomic E-state index is 0.146. The van der Waals surface area contributed by atoms with Gasteiger partial charge < -0.3 is 0 Å². The molecule has 0 heterocycles. The van der Waals surface area contributed by atoms with E-state index >= 15 is 0 Å². The molecule has 100 valence electrons. The molecule has 0 saturated carbocycles. The van der Waals surface area contributed by atoms with Gasteiger partial charge in [-0.25, -0.2) is 12.8 Å². The number of para-hydroxylation sites is 1. The molecular formula is C13H11ClFNO2S. The summed E-state index contributed by atoms with van der Waals surface area (Å²) in [4.78, 5) is -0.146. The van der Waals surface area contributed by atoms with Gasteiger partial charge in [0.15, 0.2) is 0 Å². The van der Waals surface area contributed by atoms with E-state index in [0.717, 1.165) is 6.07 Å². The van der Waals surface area contributed by atoms with Crippen LogP contribution < -0.4 is 4.72 Å². The van der Waals surface area contributed by atoms with E-state index in [1.54, 1.807) is 25.1 Å². The van der Waals surface area contributed by atoms with Crippen molar-refractivity contribution >= 4 is 27.3 Å². The largest absolute Gasteiger partial charge is 0.278 e. The molecule has 6 heteroatoms. The number of rotatable bonds is 3. The Kier molecular flexibility index (Phi) is 3.78. The fraction of sp³-hybridized carbons (Fsp3) is 0.0769. The summed E-state index contributed by atoms with van der Waals surface area (Å²) in [5.41, 5.74) is 0.987. The molecule has 0 spiro atoms. The molecule has 0 unspecified atom stereocenters. The molecule has 0 aromatic heterocycles. The van der Waals surface area contributed by atoms with Crippen LogP contribution in [0.5, 0.6) is 0 Å². The Labute approximate surface area is 116 Å². The molecule has 2 aromatic rings. The highest BCUT2D eigenvalue weighted by molar-refractivity contribution is 7.92. The number of nitrogens with one attached hydrogen (secondary N) is 1. The normalized spacial score (nSPS) is 11.3. The summed E-state index contributed by atoms with van der Waals surface area (Å²) in [6, 6.07) is 9.82. The predicted molar refractivity (Wildman–Crippen MR) is 73.4 cm³/mol. The molecule has 1 N–H and O–H groups in total. The summed E-state index contributed by atoms with van der Waals surface area (Å²) < 4.78 is 39.7. The highest BCUT2D eigenvalue weighted by Crippen LogP contribution is 2.27. The third-order valence-electron chi connectivity index (χ3n) is 2.56. The molecular weight excluding hydrogens is 289 g/mol. The summed E-state index contributed by atoms with van der Waals surface area (Å²) >= 11 is 5.95. The Morgan fingerprint density at radius 2 is 1.84 bits per heavy atom. The summed E-state index contributed by atoms with van der Waals surface area (Å²) in [5.74, 6) is -0.612. The van der Waals surface area contributed by atoms with Gasteiger partial charge in [0.05, 0.1) is 15.6 Å². The van der Waals surface area contributed by atoms with Crippen LogP contribution in [0.15, 0.2) is 47.4 Å². The van der Waals surface area contributed by atoms with Crippen molar-refractivity contribution in [2.24, 2.45) is 0 Å². The van der Waals surface area contributed by atoms with Crippen LogP contribution in [0.25, 0.3) is 0 Å². The number of anilines is 1. The zero-order valence-electron chi connectivity index (χ0n) is 10.0. The molecule has 2 aromatic carbocycles. The molecule has 0 radical (unpaired) electrons. The summed E-state index contributed by atoms with van der Waals surface area (Å²) in [7, 11) is -3.86. The number of hydrogen-bond donors (Lipinski definition) is 1. The van der Waals surface area contributed by atoms with Crippen molar-refractivity contribution in [3.8, 4) is 0 Å². The van der Waals surface area contributed by atoms with Crippen molar-refractivity contribution in [2.45, 2.75) is 11.8 Å². The van der Waals surface area contributed by atoms with E-state index in [1.165, 1.54) is 18.2 Å². The molecule has 0 aliphatic carbocycles. The Morgan fingerprint density at radius 3 is 2.47 bits per heavy atom. The van der Waals surface area contributed by atoms with Gasteiger partial charge in [0, 0.05) is 0 Å². The molecule has 0 fully saturated rings.